The molecule has 3 heteroatoms. The molecule has 0 bridgehead atoms. The lowest BCUT2D eigenvalue weighted by Gasteiger charge is -2.23. The van der Waals surface area contributed by atoms with Crippen LogP contribution in [0.15, 0.2) is 18.2 Å². The largest absolute Gasteiger partial charge is 0.508 e. The van der Waals surface area contributed by atoms with E-state index in [9.17, 15) is 10.2 Å². The second-order valence-corrected chi connectivity index (χ2v) is 4.34. The van der Waals surface area contributed by atoms with Gasteiger partial charge < -0.3 is 10.2 Å². The standard InChI is InChI=1S/C11H13ClO2/c12-8-3-4-9(10(13)7-8)11(14)5-1-2-6-11/h3-4,7,13-14H,1-2,5-6H2. The highest BCUT2D eigenvalue weighted by atomic mass is 35.5. The van der Waals surface area contributed by atoms with Gasteiger partial charge in [0.05, 0.1) is 5.60 Å². The van der Waals surface area contributed by atoms with Gasteiger partial charge in [-0.2, -0.15) is 0 Å². The van der Waals surface area contributed by atoms with Crippen molar-refractivity contribution in [2.45, 2.75) is 31.3 Å². The monoisotopic (exact) mass is 212 g/mol. The molecule has 0 aromatic heterocycles. The predicted molar refractivity (Wildman–Crippen MR) is 55.5 cm³/mol. The van der Waals surface area contributed by atoms with Gasteiger partial charge in [-0.05, 0) is 25.0 Å². The maximum absolute atomic E-state index is 10.2. The number of aromatic hydroxyl groups is 1. The first-order chi connectivity index (χ1) is 6.62. The minimum atomic E-state index is -0.839. The highest BCUT2D eigenvalue weighted by Crippen LogP contribution is 2.42. The van der Waals surface area contributed by atoms with Crippen LogP contribution in [0.4, 0.5) is 0 Å². The number of hydrogen-bond donors (Lipinski definition) is 2. The second kappa shape index (κ2) is 3.44. The van der Waals surface area contributed by atoms with Crippen LogP contribution in [0.25, 0.3) is 0 Å². The Bertz CT molecular complexity index is 343. The molecule has 1 aromatic rings. The molecule has 0 amide bonds. The van der Waals surface area contributed by atoms with Gasteiger partial charge in [-0.15, -0.1) is 0 Å². The summed E-state index contributed by atoms with van der Waals surface area (Å²) in [6, 6.07) is 4.89. The Morgan fingerprint density at radius 3 is 2.43 bits per heavy atom. The van der Waals surface area contributed by atoms with Gasteiger partial charge in [0, 0.05) is 10.6 Å². The average molecular weight is 213 g/mol. The minimum Gasteiger partial charge on any atom is -0.508 e. The number of rotatable bonds is 1. The lowest BCUT2D eigenvalue weighted by Crippen LogP contribution is -2.20. The fourth-order valence-corrected chi connectivity index (χ4v) is 2.29. The van der Waals surface area contributed by atoms with Gasteiger partial charge in [-0.25, -0.2) is 0 Å². The van der Waals surface area contributed by atoms with Crippen LogP contribution >= 0.6 is 11.6 Å². The first-order valence-corrected chi connectivity index (χ1v) is 5.21. The summed E-state index contributed by atoms with van der Waals surface area (Å²) in [7, 11) is 0. The third kappa shape index (κ3) is 1.60. The third-order valence-corrected chi connectivity index (χ3v) is 3.13. The Morgan fingerprint density at radius 1 is 1.21 bits per heavy atom. The van der Waals surface area contributed by atoms with Crippen LogP contribution in [0.2, 0.25) is 5.02 Å². The maximum atomic E-state index is 10.2. The number of benzene rings is 1. The molecular weight excluding hydrogens is 200 g/mol. The van der Waals surface area contributed by atoms with E-state index in [1.807, 2.05) is 0 Å². The summed E-state index contributed by atoms with van der Waals surface area (Å²) < 4.78 is 0. The number of phenols is 1. The van der Waals surface area contributed by atoms with Crippen molar-refractivity contribution in [3.63, 3.8) is 0 Å². The summed E-state index contributed by atoms with van der Waals surface area (Å²) in [6.45, 7) is 0. The van der Waals surface area contributed by atoms with Crippen LogP contribution in [0.1, 0.15) is 31.2 Å². The van der Waals surface area contributed by atoms with Crippen molar-refractivity contribution in [2.75, 3.05) is 0 Å². The van der Waals surface area contributed by atoms with E-state index in [4.69, 9.17) is 11.6 Å². The number of hydrogen-bond acceptors (Lipinski definition) is 2. The predicted octanol–water partition coefficient (Wildman–Crippen LogP) is 2.81. The van der Waals surface area contributed by atoms with E-state index >= 15 is 0 Å². The Kier molecular flexibility index (Phi) is 2.41. The zero-order chi connectivity index (χ0) is 10.2. The van der Waals surface area contributed by atoms with E-state index in [0.717, 1.165) is 25.7 Å². The normalized spacial score (nSPS) is 19.9. The quantitative estimate of drug-likeness (QED) is 0.752. The summed E-state index contributed by atoms with van der Waals surface area (Å²) >= 11 is 5.73. The third-order valence-electron chi connectivity index (χ3n) is 2.89. The molecule has 0 unspecified atom stereocenters. The van der Waals surface area contributed by atoms with Crippen molar-refractivity contribution in [3.05, 3.63) is 28.8 Å². The van der Waals surface area contributed by atoms with Crippen LogP contribution in [0.3, 0.4) is 0 Å². The number of halogens is 1. The Hall–Kier alpha value is -0.730. The van der Waals surface area contributed by atoms with Crippen LogP contribution in [-0.2, 0) is 5.60 Å². The van der Waals surface area contributed by atoms with Crippen LogP contribution in [0.5, 0.6) is 5.75 Å². The summed E-state index contributed by atoms with van der Waals surface area (Å²) in [4.78, 5) is 0. The zero-order valence-corrected chi connectivity index (χ0v) is 8.59. The smallest absolute Gasteiger partial charge is 0.123 e. The van der Waals surface area contributed by atoms with E-state index in [0.29, 0.717) is 10.6 Å². The van der Waals surface area contributed by atoms with E-state index in [1.54, 1.807) is 12.1 Å². The fraction of sp³-hybridized carbons (Fsp3) is 0.455. The van der Waals surface area contributed by atoms with Gasteiger partial charge >= 0.3 is 0 Å². The second-order valence-electron chi connectivity index (χ2n) is 3.90. The van der Waals surface area contributed by atoms with Crippen molar-refractivity contribution < 1.29 is 10.2 Å². The summed E-state index contributed by atoms with van der Waals surface area (Å²) in [5, 5.41) is 20.4. The summed E-state index contributed by atoms with van der Waals surface area (Å²) in [5.41, 5.74) is -0.228. The molecule has 1 aliphatic carbocycles. The van der Waals surface area contributed by atoms with Gasteiger partial charge in [-0.1, -0.05) is 30.5 Å². The van der Waals surface area contributed by atoms with Crippen molar-refractivity contribution in [3.8, 4) is 5.75 Å². The maximum Gasteiger partial charge on any atom is 0.123 e. The molecule has 76 valence electrons. The molecule has 1 fully saturated rings. The van der Waals surface area contributed by atoms with Crippen molar-refractivity contribution in [2.24, 2.45) is 0 Å². The Morgan fingerprint density at radius 2 is 1.86 bits per heavy atom. The molecule has 0 saturated heterocycles. The van der Waals surface area contributed by atoms with Crippen LogP contribution < -0.4 is 0 Å². The summed E-state index contributed by atoms with van der Waals surface area (Å²) in [5.74, 6) is 0.0990. The molecule has 1 aromatic carbocycles. The lowest BCUT2D eigenvalue weighted by atomic mass is 9.91. The molecule has 0 radical (unpaired) electrons. The van der Waals surface area contributed by atoms with E-state index < -0.39 is 5.60 Å². The molecule has 0 atom stereocenters. The number of phenolic OH excluding ortho intramolecular Hbond substituents is 1. The molecule has 0 aliphatic heterocycles. The van der Waals surface area contributed by atoms with Gasteiger partial charge in [0.1, 0.15) is 5.75 Å². The summed E-state index contributed by atoms with van der Waals surface area (Å²) in [6.07, 6.45) is 3.47. The van der Waals surface area contributed by atoms with E-state index in [1.165, 1.54) is 6.07 Å². The van der Waals surface area contributed by atoms with Gasteiger partial charge in [0.15, 0.2) is 0 Å². The molecule has 0 spiro atoms. The van der Waals surface area contributed by atoms with Gasteiger partial charge in [0.25, 0.3) is 0 Å². The number of aliphatic hydroxyl groups is 1. The molecular formula is C11H13ClO2. The highest BCUT2D eigenvalue weighted by molar-refractivity contribution is 6.30. The van der Waals surface area contributed by atoms with E-state index in [-0.39, 0.29) is 5.75 Å². The van der Waals surface area contributed by atoms with Gasteiger partial charge in [-0.3, -0.25) is 0 Å². The molecule has 2 rings (SSSR count). The average Bonchev–Trinajstić information content (AvgIpc) is 2.52. The molecule has 1 saturated carbocycles. The van der Waals surface area contributed by atoms with Crippen molar-refractivity contribution >= 4 is 11.6 Å². The minimum absolute atomic E-state index is 0.0990. The zero-order valence-electron chi connectivity index (χ0n) is 7.83. The molecule has 2 N–H and O–H groups in total. The molecule has 14 heavy (non-hydrogen) atoms. The molecule has 0 heterocycles. The van der Waals surface area contributed by atoms with Gasteiger partial charge in [0.2, 0.25) is 0 Å². The van der Waals surface area contributed by atoms with E-state index in [2.05, 4.69) is 0 Å². The van der Waals surface area contributed by atoms with Crippen LogP contribution in [-0.4, -0.2) is 10.2 Å². The topological polar surface area (TPSA) is 40.5 Å². The highest BCUT2D eigenvalue weighted by Gasteiger charge is 2.34. The first kappa shape index (κ1) is 9.81. The Balaban J connectivity index is 2.40. The first-order valence-electron chi connectivity index (χ1n) is 4.83. The SMILES string of the molecule is Oc1cc(Cl)ccc1C1(O)CCCC1. The Labute approximate surface area is 88.1 Å². The van der Waals surface area contributed by atoms with Crippen molar-refractivity contribution in [1.29, 1.82) is 0 Å². The van der Waals surface area contributed by atoms with Crippen LogP contribution in [0, 0.1) is 0 Å². The van der Waals surface area contributed by atoms with Crippen molar-refractivity contribution in [1.82, 2.24) is 0 Å². The molecule has 1 aliphatic rings. The lowest BCUT2D eigenvalue weighted by molar-refractivity contribution is 0.0421. The molecule has 2 nitrogen and oxygen atoms in total. The fourth-order valence-electron chi connectivity index (χ4n) is 2.13.